The number of nitrogens with zero attached hydrogens (tertiary/aromatic N) is 2. The van der Waals surface area contributed by atoms with E-state index in [-0.39, 0.29) is 0 Å². The Morgan fingerprint density at radius 3 is 2.33 bits per heavy atom. The van der Waals surface area contributed by atoms with Crippen molar-refractivity contribution >= 4 is 11.6 Å². The summed E-state index contributed by atoms with van der Waals surface area (Å²) in [6, 6.07) is 19.8. The van der Waals surface area contributed by atoms with Crippen LogP contribution in [0.4, 0.5) is 0 Å². The highest BCUT2D eigenvalue weighted by Crippen LogP contribution is 2.26. The molecule has 88 valence electrons. The summed E-state index contributed by atoms with van der Waals surface area (Å²) in [5.74, 6) is 0. The summed E-state index contributed by atoms with van der Waals surface area (Å²) in [5, 5.41) is 5.05. The summed E-state index contributed by atoms with van der Waals surface area (Å²) in [4.78, 5) is 0. The van der Waals surface area contributed by atoms with Crippen LogP contribution in [0.5, 0.6) is 0 Å². The van der Waals surface area contributed by atoms with Gasteiger partial charge in [-0.3, -0.25) is 0 Å². The Balaban J connectivity index is 2.16. The van der Waals surface area contributed by atoms with E-state index in [1.807, 2.05) is 53.2 Å². The van der Waals surface area contributed by atoms with Crippen molar-refractivity contribution in [3.05, 3.63) is 71.9 Å². The van der Waals surface area contributed by atoms with Gasteiger partial charge in [0.25, 0.3) is 0 Å². The van der Waals surface area contributed by atoms with Gasteiger partial charge in [0.05, 0.1) is 22.6 Å². The zero-order valence-electron chi connectivity index (χ0n) is 9.62. The van der Waals surface area contributed by atoms with Crippen LogP contribution in [0.2, 0.25) is 5.02 Å². The van der Waals surface area contributed by atoms with Gasteiger partial charge >= 0.3 is 0 Å². The smallest absolute Gasteiger partial charge is 0.0839 e. The van der Waals surface area contributed by atoms with Crippen molar-refractivity contribution in [2.45, 2.75) is 0 Å². The molecule has 1 heterocycles. The maximum absolute atomic E-state index is 6.21. The molecule has 0 radical (unpaired) electrons. The Labute approximate surface area is 110 Å². The Hall–Kier alpha value is -2.06. The maximum Gasteiger partial charge on any atom is 0.0839 e. The molecule has 0 saturated carbocycles. The van der Waals surface area contributed by atoms with E-state index in [1.54, 1.807) is 6.20 Å². The van der Waals surface area contributed by atoms with Crippen LogP contribution in [-0.2, 0) is 0 Å². The second-order valence-corrected chi connectivity index (χ2v) is 4.35. The van der Waals surface area contributed by atoms with Crippen molar-refractivity contribution < 1.29 is 0 Å². The molecule has 0 saturated heterocycles. The molecule has 3 aromatic rings. The van der Waals surface area contributed by atoms with Gasteiger partial charge in [-0.1, -0.05) is 54.1 Å². The first kappa shape index (κ1) is 11.1. The molecular weight excluding hydrogens is 244 g/mol. The van der Waals surface area contributed by atoms with Gasteiger partial charge in [-0.2, -0.15) is 5.10 Å². The molecule has 0 fully saturated rings. The Kier molecular flexibility index (Phi) is 2.87. The lowest BCUT2D eigenvalue weighted by atomic mass is 10.1. The number of para-hydroxylation sites is 1. The van der Waals surface area contributed by atoms with Crippen molar-refractivity contribution in [3.8, 4) is 16.9 Å². The summed E-state index contributed by atoms with van der Waals surface area (Å²) in [5.41, 5.74) is 3.04. The molecule has 0 unspecified atom stereocenters. The first-order valence-corrected chi connectivity index (χ1v) is 6.08. The molecule has 2 nitrogen and oxygen atoms in total. The fourth-order valence-corrected chi connectivity index (χ4v) is 2.16. The van der Waals surface area contributed by atoms with Crippen molar-refractivity contribution in [2.24, 2.45) is 0 Å². The molecule has 0 atom stereocenters. The van der Waals surface area contributed by atoms with Crippen molar-refractivity contribution in [1.82, 2.24) is 9.78 Å². The van der Waals surface area contributed by atoms with Crippen LogP contribution in [0, 0.1) is 0 Å². The second kappa shape index (κ2) is 4.67. The van der Waals surface area contributed by atoms with E-state index in [4.69, 9.17) is 11.6 Å². The standard InChI is InChI=1S/C15H11ClN2/c16-13-8-4-5-9-15(13)18-14(10-11-17-18)12-6-2-1-3-7-12/h1-11H. The minimum Gasteiger partial charge on any atom is -0.232 e. The molecule has 0 spiro atoms. The van der Waals surface area contributed by atoms with Crippen molar-refractivity contribution in [3.63, 3.8) is 0 Å². The van der Waals surface area contributed by atoms with Gasteiger partial charge in [0.2, 0.25) is 0 Å². The Morgan fingerprint density at radius 1 is 0.833 bits per heavy atom. The third-order valence-corrected chi connectivity index (χ3v) is 3.11. The largest absolute Gasteiger partial charge is 0.232 e. The second-order valence-electron chi connectivity index (χ2n) is 3.95. The molecule has 1 aromatic heterocycles. The summed E-state index contributed by atoms with van der Waals surface area (Å²) in [6.07, 6.45) is 1.78. The zero-order chi connectivity index (χ0) is 12.4. The molecule has 0 aliphatic carbocycles. The highest BCUT2D eigenvalue weighted by atomic mass is 35.5. The average molecular weight is 255 g/mol. The highest BCUT2D eigenvalue weighted by Gasteiger charge is 2.09. The number of hydrogen-bond acceptors (Lipinski definition) is 1. The molecule has 0 amide bonds. The monoisotopic (exact) mass is 254 g/mol. The van der Waals surface area contributed by atoms with E-state index >= 15 is 0 Å². The zero-order valence-corrected chi connectivity index (χ0v) is 10.4. The van der Waals surface area contributed by atoms with E-state index in [1.165, 1.54) is 0 Å². The summed E-state index contributed by atoms with van der Waals surface area (Å²) >= 11 is 6.21. The maximum atomic E-state index is 6.21. The minimum atomic E-state index is 0.693. The third kappa shape index (κ3) is 1.91. The first-order valence-electron chi connectivity index (χ1n) is 5.70. The van der Waals surface area contributed by atoms with E-state index in [9.17, 15) is 0 Å². The Morgan fingerprint density at radius 2 is 1.56 bits per heavy atom. The van der Waals surface area contributed by atoms with E-state index in [0.29, 0.717) is 5.02 Å². The van der Waals surface area contributed by atoms with Gasteiger partial charge in [-0.05, 0) is 18.2 Å². The van der Waals surface area contributed by atoms with Gasteiger partial charge in [0.15, 0.2) is 0 Å². The molecule has 3 heteroatoms. The molecule has 0 aliphatic heterocycles. The van der Waals surface area contributed by atoms with Gasteiger partial charge in [0.1, 0.15) is 0 Å². The van der Waals surface area contributed by atoms with E-state index < -0.39 is 0 Å². The van der Waals surface area contributed by atoms with Crippen LogP contribution in [-0.4, -0.2) is 9.78 Å². The van der Waals surface area contributed by atoms with Crippen molar-refractivity contribution in [2.75, 3.05) is 0 Å². The lowest BCUT2D eigenvalue weighted by molar-refractivity contribution is 0.888. The molecule has 2 aromatic carbocycles. The summed E-state index contributed by atoms with van der Waals surface area (Å²) in [6.45, 7) is 0. The molecular formula is C15H11ClN2. The summed E-state index contributed by atoms with van der Waals surface area (Å²) in [7, 11) is 0. The third-order valence-electron chi connectivity index (χ3n) is 2.79. The lowest BCUT2D eigenvalue weighted by Crippen LogP contribution is -1.99. The molecule has 0 bridgehead atoms. The number of hydrogen-bond donors (Lipinski definition) is 0. The van der Waals surface area contributed by atoms with Gasteiger partial charge in [0, 0.05) is 5.56 Å². The van der Waals surface area contributed by atoms with E-state index in [2.05, 4.69) is 17.2 Å². The SMILES string of the molecule is Clc1ccccc1-n1nccc1-c1ccccc1. The normalized spacial score (nSPS) is 10.5. The number of halogens is 1. The fraction of sp³-hybridized carbons (Fsp3) is 0. The quantitative estimate of drug-likeness (QED) is 0.670. The van der Waals surface area contributed by atoms with Crippen LogP contribution in [0.15, 0.2) is 66.9 Å². The van der Waals surface area contributed by atoms with Crippen LogP contribution in [0.25, 0.3) is 16.9 Å². The number of benzene rings is 2. The lowest BCUT2D eigenvalue weighted by Gasteiger charge is -2.09. The van der Waals surface area contributed by atoms with Crippen molar-refractivity contribution in [1.29, 1.82) is 0 Å². The predicted octanol–water partition coefficient (Wildman–Crippen LogP) is 4.19. The van der Waals surface area contributed by atoms with Crippen LogP contribution in [0.1, 0.15) is 0 Å². The van der Waals surface area contributed by atoms with Gasteiger partial charge < -0.3 is 0 Å². The number of rotatable bonds is 2. The Bertz CT molecular complexity index is 659. The molecule has 0 N–H and O–H groups in total. The average Bonchev–Trinajstić information content (AvgIpc) is 2.89. The molecule has 3 rings (SSSR count). The van der Waals surface area contributed by atoms with E-state index in [0.717, 1.165) is 16.9 Å². The summed E-state index contributed by atoms with van der Waals surface area (Å²) < 4.78 is 1.86. The molecule has 0 aliphatic rings. The van der Waals surface area contributed by atoms with Crippen LogP contribution >= 0.6 is 11.6 Å². The topological polar surface area (TPSA) is 17.8 Å². The first-order chi connectivity index (χ1) is 8.86. The highest BCUT2D eigenvalue weighted by molar-refractivity contribution is 6.32. The minimum absolute atomic E-state index is 0.693. The van der Waals surface area contributed by atoms with Gasteiger partial charge in [-0.15, -0.1) is 0 Å². The fourth-order valence-electron chi connectivity index (χ4n) is 1.95. The van der Waals surface area contributed by atoms with Crippen LogP contribution < -0.4 is 0 Å². The van der Waals surface area contributed by atoms with Gasteiger partial charge in [-0.25, -0.2) is 4.68 Å². The molecule has 18 heavy (non-hydrogen) atoms. The van der Waals surface area contributed by atoms with Crippen LogP contribution in [0.3, 0.4) is 0 Å². The predicted molar refractivity (Wildman–Crippen MR) is 74.0 cm³/mol. The number of aromatic nitrogens is 2.